The van der Waals surface area contributed by atoms with Crippen molar-refractivity contribution in [1.82, 2.24) is 5.43 Å². The molecule has 206 valence electrons. The lowest BCUT2D eigenvalue weighted by Crippen LogP contribution is -2.39. The molecule has 0 bridgehead atoms. The van der Waals surface area contributed by atoms with E-state index in [4.69, 9.17) is 20.8 Å². The standard InChI is InChI=1S/C27H23ClN4O7S/c1-18-3-11-23(12-4-18)40(36,37)31(21-9-13-26(38-2)24(28)15-21)17-27(33)30-29-16-22-10-14-25(39-22)19-5-7-20(8-6-19)32(34)35/h3-16H,17H2,1-2H3,(H,30,33)/b29-16-. The summed E-state index contributed by atoms with van der Waals surface area (Å²) in [5.41, 5.74) is 3.90. The summed E-state index contributed by atoms with van der Waals surface area (Å²) in [6, 6.07) is 19.7. The Labute approximate surface area is 234 Å². The maximum Gasteiger partial charge on any atom is 0.269 e. The van der Waals surface area contributed by atoms with Gasteiger partial charge in [-0.05, 0) is 61.5 Å². The highest BCUT2D eigenvalue weighted by molar-refractivity contribution is 7.92. The van der Waals surface area contributed by atoms with Crippen LogP contribution in [0.2, 0.25) is 5.02 Å². The molecule has 4 rings (SSSR count). The summed E-state index contributed by atoms with van der Waals surface area (Å²) in [4.78, 5) is 23.1. The summed E-state index contributed by atoms with van der Waals surface area (Å²) in [6.07, 6.45) is 1.25. The maximum absolute atomic E-state index is 13.5. The zero-order chi connectivity index (χ0) is 28.9. The van der Waals surface area contributed by atoms with Gasteiger partial charge in [0.2, 0.25) is 0 Å². The lowest BCUT2D eigenvalue weighted by Gasteiger charge is -2.24. The number of anilines is 1. The predicted molar refractivity (Wildman–Crippen MR) is 150 cm³/mol. The first-order chi connectivity index (χ1) is 19.1. The van der Waals surface area contributed by atoms with Gasteiger partial charge in [-0.3, -0.25) is 19.2 Å². The Hall–Kier alpha value is -4.68. The number of rotatable bonds is 10. The van der Waals surface area contributed by atoms with Gasteiger partial charge < -0.3 is 9.15 Å². The Balaban J connectivity index is 1.51. The SMILES string of the molecule is COc1ccc(N(CC(=O)N/N=C\c2ccc(-c3ccc([N+](=O)[O-])cc3)o2)S(=O)(=O)c2ccc(C)cc2)cc1Cl. The number of halogens is 1. The number of nitro groups is 1. The van der Waals surface area contributed by atoms with E-state index in [1.54, 1.807) is 36.4 Å². The second kappa shape index (κ2) is 12.0. The van der Waals surface area contributed by atoms with Gasteiger partial charge in [0.25, 0.3) is 21.6 Å². The third-order valence-corrected chi connectivity index (χ3v) is 7.77. The van der Waals surface area contributed by atoms with E-state index < -0.39 is 27.4 Å². The quantitative estimate of drug-likeness (QED) is 0.154. The number of aryl methyl sites for hydroxylation is 1. The summed E-state index contributed by atoms with van der Waals surface area (Å²) < 4.78 is 38.8. The number of non-ortho nitro benzene ring substituents is 1. The Kier molecular flexibility index (Phi) is 8.51. The van der Waals surface area contributed by atoms with Crippen molar-refractivity contribution in [2.45, 2.75) is 11.8 Å². The van der Waals surface area contributed by atoms with E-state index in [0.29, 0.717) is 22.8 Å². The molecule has 0 aliphatic rings. The van der Waals surface area contributed by atoms with E-state index in [9.17, 15) is 23.3 Å². The van der Waals surface area contributed by atoms with Crippen LogP contribution in [0.5, 0.6) is 5.75 Å². The van der Waals surface area contributed by atoms with Crippen molar-refractivity contribution in [2.75, 3.05) is 18.0 Å². The average molecular weight is 583 g/mol. The van der Waals surface area contributed by atoms with Gasteiger partial charge in [-0.1, -0.05) is 29.3 Å². The Morgan fingerprint density at radius 2 is 1.80 bits per heavy atom. The Morgan fingerprint density at radius 3 is 2.42 bits per heavy atom. The van der Waals surface area contributed by atoms with Crippen LogP contribution in [0.15, 0.2) is 93.3 Å². The monoisotopic (exact) mass is 582 g/mol. The van der Waals surface area contributed by atoms with Gasteiger partial charge in [-0.2, -0.15) is 5.10 Å². The molecule has 0 aliphatic heterocycles. The average Bonchev–Trinajstić information content (AvgIpc) is 3.41. The molecule has 0 atom stereocenters. The van der Waals surface area contributed by atoms with Gasteiger partial charge in [-0.15, -0.1) is 0 Å². The molecule has 0 saturated heterocycles. The minimum absolute atomic E-state index is 0.00398. The minimum Gasteiger partial charge on any atom is -0.495 e. The predicted octanol–water partition coefficient (Wildman–Crippen LogP) is 5.17. The smallest absolute Gasteiger partial charge is 0.269 e. The number of benzene rings is 3. The molecule has 0 unspecified atom stereocenters. The molecular formula is C27H23ClN4O7S. The number of hydrazone groups is 1. The fraction of sp³-hybridized carbons (Fsp3) is 0.111. The Bertz CT molecular complexity index is 1670. The van der Waals surface area contributed by atoms with E-state index in [2.05, 4.69) is 10.5 Å². The van der Waals surface area contributed by atoms with Crippen molar-refractivity contribution in [1.29, 1.82) is 0 Å². The topological polar surface area (TPSA) is 144 Å². The molecule has 0 fully saturated rings. The molecule has 13 heteroatoms. The molecule has 1 N–H and O–H groups in total. The highest BCUT2D eigenvalue weighted by atomic mass is 35.5. The van der Waals surface area contributed by atoms with Crippen LogP contribution in [0, 0.1) is 17.0 Å². The highest BCUT2D eigenvalue weighted by Gasteiger charge is 2.28. The van der Waals surface area contributed by atoms with Crippen LogP contribution >= 0.6 is 11.6 Å². The summed E-state index contributed by atoms with van der Waals surface area (Å²) in [5.74, 6) is 0.355. The van der Waals surface area contributed by atoms with Gasteiger partial charge >= 0.3 is 0 Å². The molecule has 0 spiro atoms. The molecule has 0 saturated carbocycles. The van der Waals surface area contributed by atoms with Crippen LogP contribution in [-0.4, -0.2) is 39.1 Å². The second-order valence-electron chi connectivity index (χ2n) is 8.44. The number of sulfonamides is 1. The zero-order valence-electron chi connectivity index (χ0n) is 21.3. The highest BCUT2D eigenvalue weighted by Crippen LogP contribution is 2.32. The molecular weight excluding hydrogens is 560 g/mol. The van der Waals surface area contributed by atoms with Gasteiger partial charge in [0.15, 0.2) is 0 Å². The number of nitro benzene ring substituents is 1. The molecule has 1 amide bonds. The summed E-state index contributed by atoms with van der Waals surface area (Å²) in [6.45, 7) is 1.24. The van der Waals surface area contributed by atoms with Crippen LogP contribution in [0.1, 0.15) is 11.3 Å². The van der Waals surface area contributed by atoms with Crippen LogP contribution in [-0.2, 0) is 14.8 Å². The number of ether oxygens (including phenoxy) is 1. The number of hydrogen-bond donors (Lipinski definition) is 1. The minimum atomic E-state index is -4.15. The van der Waals surface area contributed by atoms with Crippen molar-refractivity contribution in [2.24, 2.45) is 5.10 Å². The van der Waals surface area contributed by atoms with Crippen LogP contribution in [0.3, 0.4) is 0 Å². The van der Waals surface area contributed by atoms with Crippen LogP contribution < -0.4 is 14.5 Å². The fourth-order valence-corrected chi connectivity index (χ4v) is 5.29. The van der Waals surface area contributed by atoms with Gasteiger partial charge in [0.1, 0.15) is 23.8 Å². The first kappa shape index (κ1) is 28.3. The normalized spacial score (nSPS) is 11.4. The van der Waals surface area contributed by atoms with Crippen molar-refractivity contribution < 1.29 is 27.3 Å². The molecule has 4 aromatic rings. The molecule has 1 aromatic heterocycles. The first-order valence-electron chi connectivity index (χ1n) is 11.7. The Morgan fingerprint density at radius 1 is 1.10 bits per heavy atom. The van der Waals surface area contributed by atoms with Gasteiger partial charge in [0.05, 0.1) is 33.9 Å². The molecule has 3 aromatic carbocycles. The van der Waals surface area contributed by atoms with E-state index >= 15 is 0 Å². The largest absolute Gasteiger partial charge is 0.495 e. The summed E-state index contributed by atoms with van der Waals surface area (Å²) in [5, 5.41) is 14.9. The van der Waals surface area contributed by atoms with Gasteiger partial charge in [-0.25, -0.2) is 13.8 Å². The second-order valence-corrected chi connectivity index (χ2v) is 10.7. The fourth-order valence-electron chi connectivity index (χ4n) is 3.62. The number of carbonyl (C=O) groups is 1. The van der Waals surface area contributed by atoms with Crippen molar-refractivity contribution >= 4 is 45.1 Å². The molecule has 40 heavy (non-hydrogen) atoms. The van der Waals surface area contributed by atoms with E-state index in [0.717, 1.165) is 9.87 Å². The van der Waals surface area contributed by atoms with Crippen molar-refractivity contribution in [3.05, 3.63) is 105 Å². The first-order valence-corrected chi connectivity index (χ1v) is 13.5. The number of nitrogens with one attached hydrogen (secondary N) is 1. The summed E-state index contributed by atoms with van der Waals surface area (Å²) in [7, 11) is -2.72. The lowest BCUT2D eigenvalue weighted by molar-refractivity contribution is -0.384. The maximum atomic E-state index is 13.5. The van der Waals surface area contributed by atoms with Crippen molar-refractivity contribution in [3.8, 4) is 17.1 Å². The number of hydrogen-bond acceptors (Lipinski definition) is 8. The number of nitrogens with zero attached hydrogens (tertiary/aromatic N) is 3. The van der Waals surface area contributed by atoms with E-state index in [-0.39, 0.29) is 21.3 Å². The van der Waals surface area contributed by atoms with E-state index in [1.807, 2.05) is 6.92 Å². The van der Waals surface area contributed by atoms with Crippen LogP contribution in [0.25, 0.3) is 11.3 Å². The van der Waals surface area contributed by atoms with Gasteiger partial charge in [0, 0.05) is 17.7 Å². The summed E-state index contributed by atoms with van der Waals surface area (Å²) >= 11 is 6.24. The van der Waals surface area contributed by atoms with Crippen molar-refractivity contribution in [3.63, 3.8) is 0 Å². The molecule has 0 aliphatic carbocycles. The van der Waals surface area contributed by atoms with Crippen LogP contribution in [0.4, 0.5) is 11.4 Å². The number of furan rings is 1. The van der Waals surface area contributed by atoms with E-state index in [1.165, 1.54) is 55.8 Å². The third kappa shape index (κ3) is 6.47. The third-order valence-electron chi connectivity index (χ3n) is 5.69. The number of amides is 1. The molecule has 1 heterocycles. The zero-order valence-corrected chi connectivity index (χ0v) is 22.8. The molecule has 0 radical (unpaired) electrons. The number of methoxy groups -OCH3 is 1. The number of carbonyl (C=O) groups excluding carboxylic acids is 1. The molecule has 11 nitrogen and oxygen atoms in total. The lowest BCUT2D eigenvalue weighted by atomic mass is 10.1.